The molecule has 0 fully saturated rings. The molecule has 1 aromatic carbocycles. The molecule has 0 saturated heterocycles. The van der Waals surface area contributed by atoms with Crippen molar-refractivity contribution in [2.75, 3.05) is 0 Å². The van der Waals surface area contributed by atoms with E-state index in [2.05, 4.69) is 34.6 Å². The fourth-order valence-electron chi connectivity index (χ4n) is 2.01. The summed E-state index contributed by atoms with van der Waals surface area (Å²) in [5, 5.41) is 5.27. The molecular weight excluding hydrogens is 228 g/mol. The number of aromatic nitrogens is 1. The summed E-state index contributed by atoms with van der Waals surface area (Å²) in [6, 6.07) is 12.1. The maximum atomic E-state index is 6.29. The number of hydrogen-bond donors (Lipinski definition) is 1. The first kappa shape index (κ1) is 10.4. The molecule has 1 atom stereocenters. The average molecular weight is 240 g/mol. The number of thiophene rings is 1. The van der Waals surface area contributed by atoms with Gasteiger partial charge in [0.25, 0.3) is 0 Å². The Morgan fingerprint density at radius 3 is 2.82 bits per heavy atom. The van der Waals surface area contributed by atoms with Crippen molar-refractivity contribution in [3.63, 3.8) is 0 Å². The minimum absolute atomic E-state index is 0.0974. The van der Waals surface area contributed by atoms with E-state index in [4.69, 9.17) is 5.73 Å². The first-order valence-corrected chi connectivity index (χ1v) is 6.42. The van der Waals surface area contributed by atoms with Gasteiger partial charge in [0.2, 0.25) is 0 Å². The molecule has 0 radical (unpaired) electrons. The van der Waals surface area contributed by atoms with Crippen LogP contribution >= 0.6 is 11.3 Å². The Morgan fingerprint density at radius 1 is 1.12 bits per heavy atom. The third-order valence-electron chi connectivity index (χ3n) is 2.90. The first-order chi connectivity index (χ1) is 8.36. The van der Waals surface area contributed by atoms with Gasteiger partial charge in [-0.3, -0.25) is 4.98 Å². The van der Waals surface area contributed by atoms with Gasteiger partial charge in [0.1, 0.15) is 0 Å². The summed E-state index contributed by atoms with van der Waals surface area (Å²) < 4.78 is 0. The van der Waals surface area contributed by atoms with Gasteiger partial charge in [-0.2, -0.15) is 11.3 Å². The maximum absolute atomic E-state index is 6.29. The highest BCUT2D eigenvalue weighted by Crippen LogP contribution is 2.26. The molecule has 2 nitrogen and oxygen atoms in total. The number of fused-ring (bicyclic) bond motifs is 1. The molecule has 0 aliphatic heterocycles. The number of pyridine rings is 1. The number of nitrogens with two attached hydrogens (primary N) is 1. The highest BCUT2D eigenvalue weighted by atomic mass is 32.1. The van der Waals surface area contributed by atoms with E-state index in [0.717, 1.165) is 22.0 Å². The average Bonchev–Trinajstić information content (AvgIpc) is 2.91. The molecule has 0 aliphatic rings. The molecule has 2 N–H and O–H groups in total. The minimum atomic E-state index is -0.0974. The van der Waals surface area contributed by atoms with Crippen molar-refractivity contribution < 1.29 is 0 Å². The van der Waals surface area contributed by atoms with Crippen LogP contribution in [0.4, 0.5) is 0 Å². The Kier molecular flexibility index (Phi) is 2.63. The van der Waals surface area contributed by atoms with Crippen LogP contribution in [-0.4, -0.2) is 4.98 Å². The SMILES string of the molecule is NC(c1ccsc1)c1cccc2cccnc12. The molecule has 3 aromatic rings. The van der Waals surface area contributed by atoms with E-state index in [1.807, 2.05) is 23.7 Å². The lowest BCUT2D eigenvalue weighted by atomic mass is 9.99. The van der Waals surface area contributed by atoms with Crippen molar-refractivity contribution >= 4 is 22.2 Å². The van der Waals surface area contributed by atoms with Crippen LogP contribution in [0.2, 0.25) is 0 Å². The van der Waals surface area contributed by atoms with Crippen molar-refractivity contribution in [2.24, 2.45) is 5.73 Å². The smallest absolute Gasteiger partial charge is 0.0753 e. The van der Waals surface area contributed by atoms with Gasteiger partial charge >= 0.3 is 0 Å². The van der Waals surface area contributed by atoms with Crippen molar-refractivity contribution in [1.82, 2.24) is 4.98 Å². The lowest BCUT2D eigenvalue weighted by Gasteiger charge is -2.12. The zero-order valence-corrected chi connectivity index (χ0v) is 10.0. The summed E-state index contributed by atoms with van der Waals surface area (Å²) >= 11 is 1.67. The van der Waals surface area contributed by atoms with E-state index in [-0.39, 0.29) is 6.04 Å². The summed E-state index contributed by atoms with van der Waals surface area (Å²) in [4.78, 5) is 4.44. The van der Waals surface area contributed by atoms with E-state index < -0.39 is 0 Å². The van der Waals surface area contributed by atoms with Gasteiger partial charge < -0.3 is 5.73 Å². The lowest BCUT2D eigenvalue weighted by molar-refractivity contribution is 0.883. The molecule has 1 unspecified atom stereocenters. The van der Waals surface area contributed by atoms with Crippen LogP contribution in [0.15, 0.2) is 53.4 Å². The number of benzene rings is 1. The normalized spacial score (nSPS) is 12.8. The number of nitrogens with zero attached hydrogens (tertiary/aromatic N) is 1. The molecule has 3 rings (SSSR count). The summed E-state index contributed by atoms with van der Waals surface area (Å²) in [6.45, 7) is 0. The second-order valence-corrected chi connectivity index (χ2v) is 4.74. The van der Waals surface area contributed by atoms with Crippen LogP contribution in [0.1, 0.15) is 17.2 Å². The summed E-state index contributed by atoms with van der Waals surface area (Å²) in [5.41, 5.74) is 9.52. The number of rotatable bonds is 2. The molecule has 2 aromatic heterocycles. The third kappa shape index (κ3) is 1.84. The Balaban J connectivity index is 2.17. The Bertz CT molecular complexity index is 626. The van der Waals surface area contributed by atoms with E-state index in [9.17, 15) is 0 Å². The maximum Gasteiger partial charge on any atom is 0.0753 e. The molecule has 3 heteroatoms. The van der Waals surface area contributed by atoms with Gasteiger partial charge in [-0.05, 0) is 34.0 Å². The molecular formula is C14H12N2S. The predicted octanol–water partition coefficient (Wildman–Crippen LogP) is 3.34. The Morgan fingerprint density at radius 2 is 2.00 bits per heavy atom. The van der Waals surface area contributed by atoms with Crippen LogP contribution < -0.4 is 5.73 Å². The second-order valence-electron chi connectivity index (χ2n) is 3.96. The van der Waals surface area contributed by atoms with Gasteiger partial charge in [0.15, 0.2) is 0 Å². The first-order valence-electron chi connectivity index (χ1n) is 5.47. The lowest BCUT2D eigenvalue weighted by Crippen LogP contribution is -2.11. The van der Waals surface area contributed by atoms with Crippen LogP contribution in [0.25, 0.3) is 10.9 Å². The molecule has 0 saturated carbocycles. The molecule has 0 bridgehead atoms. The van der Waals surface area contributed by atoms with E-state index >= 15 is 0 Å². The second kappa shape index (κ2) is 4.28. The van der Waals surface area contributed by atoms with E-state index in [0.29, 0.717) is 0 Å². The predicted molar refractivity (Wildman–Crippen MR) is 72.1 cm³/mol. The van der Waals surface area contributed by atoms with Crippen LogP contribution in [0, 0.1) is 0 Å². The zero-order valence-electron chi connectivity index (χ0n) is 9.21. The third-order valence-corrected chi connectivity index (χ3v) is 3.60. The number of hydrogen-bond acceptors (Lipinski definition) is 3. The highest BCUT2D eigenvalue weighted by molar-refractivity contribution is 7.08. The molecule has 0 amide bonds. The van der Waals surface area contributed by atoms with Crippen LogP contribution in [-0.2, 0) is 0 Å². The Labute approximate surface area is 104 Å². The molecule has 0 spiro atoms. The van der Waals surface area contributed by atoms with Crippen molar-refractivity contribution in [3.8, 4) is 0 Å². The van der Waals surface area contributed by atoms with Gasteiger partial charge in [0, 0.05) is 11.6 Å². The van der Waals surface area contributed by atoms with Gasteiger partial charge in [-0.15, -0.1) is 0 Å². The standard InChI is InChI=1S/C14H12N2S/c15-13(11-6-8-17-9-11)12-5-1-3-10-4-2-7-16-14(10)12/h1-9,13H,15H2. The van der Waals surface area contributed by atoms with Gasteiger partial charge in [-0.25, -0.2) is 0 Å². The molecule has 0 aliphatic carbocycles. The van der Waals surface area contributed by atoms with Crippen LogP contribution in [0.5, 0.6) is 0 Å². The van der Waals surface area contributed by atoms with Crippen molar-refractivity contribution in [1.29, 1.82) is 0 Å². The zero-order chi connectivity index (χ0) is 11.7. The van der Waals surface area contributed by atoms with Gasteiger partial charge in [-0.1, -0.05) is 24.3 Å². The molecule has 84 valence electrons. The quantitative estimate of drug-likeness (QED) is 0.746. The summed E-state index contributed by atoms with van der Waals surface area (Å²) in [6.07, 6.45) is 1.81. The fraction of sp³-hybridized carbons (Fsp3) is 0.0714. The summed E-state index contributed by atoms with van der Waals surface area (Å²) in [5.74, 6) is 0. The molecule has 17 heavy (non-hydrogen) atoms. The highest BCUT2D eigenvalue weighted by Gasteiger charge is 2.12. The Hall–Kier alpha value is -1.71. The monoisotopic (exact) mass is 240 g/mol. The largest absolute Gasteiger partial charge is 0.320 e. The summed E-state index contributed by atoms with van der Waals surface area (Å²) in [7, 11) is 0. The van der Waals surface area contributed by atoms with Gasteiger partial charge in [0.05, 0.1) is 11.6 Å². The van der Waals surface area contributed by atoms with Crippen molar-refractivity contribution in [3.05, 3.63) is 64.5 Å². The molecule has 2 heterocycles. The van der Waals surface area contributed by atoms with Crippen molar-refractivity contribution in [2.45, 2.75) is 6.04 Å². The van der Waals surface area contributed by atoms with E-state index in [1.165, 1.54) is 0 Å². The van der Waals surface area contributed by atoms with E-state index in [1.54, 1.807) is 11.3 Å². The van der Waals surface area contributed by atoms with Crippen LogP contribution in [0.3, 0.4) is 0 Å². The number of para-hydroxylation sites is 1. The fourth-order valence-corrected chi connectivity index (χ4v) is 2.71. The minimum Gasteiger partial charge on any atom is -0.320 e. The topological polar surface area (TPSA) is 38.9 Å².